The van der Waals surface area contributed by atoms with Crippen LogP contribution in [0.5, 0.6) is 0 Å². The molecule has 2 rings (SSSR count). The van der Waals surface area contributed by atoms with Crippen LogP contribution in [0, 0.1) is 0 Å². The lowest BCUT2D eigenvalue weighted by Gasteiger charge is -2.45. The van der Waals surface area contributed by atoms with Gasteiger partial charge in [-0.15, -0.1) is 0 Å². The predicted octanol–water partition coefficient (Wildman–Crippen LogP) is 0.981. The monoisotopic (exact) mass is 278 g/mol. The minimum atomic E-state index is -0.431. The number of hydrogen-bond acceptors (Lipinski definition) is 6. The summed E-state index contributed by atoms with van der Waals surface area (Å²) in [6.07, 6.45) is 1.52. The van der Waals surface area contributed by atoms with Crippen LogP contribution < -0.4 is 10.6 Å². The van der Waals surface area contributed by atoms with Crippen LogP contribution in [-0.2, 0) is 4.74 Å². The Morgan fingerprint density at radius 2 is 2.15 bits per heavy atom. The molecule has 0 radical (unpaired) electrons. The number of pyridine rings is 1. The quantitative estimate of drug-likeness (QED) is 0.813. The summed E-state index contributed by atoms with van der Waals surface area (Å²) in [6.45, 7) is 7.06. The SMILES string of the molecule is COC(=O)c1cc(N2CCN(C)C(C)(C)C2)ncc1N. The third kappa shape index (κ3) is 2.70. The van der Waals surface area contributed by atoms with Crippen molar-refractivity contribution in [2.45, 2.75) is 19.4 Å². The molecule has 0 saturated carbocycles. The van der Waals surface area contributed by atoms with Gasteiger partial charge in [0.2, 0.25) is 0 Å². The van der Waals surface area contributed by atoms with E-state index in [1.807, 2.05) is 0 Å². The number of anilines is 2. The summed E-state index contributed by atoms with van der Waals surface area (Å²) < 4.78 is 4.74. The van der Waals surface area contributed by atoms with Crippen molar-refractivity contribution in [2.75, 3.05) is 44.4 Å². The second kappa shape index (κ2) is 5.28. The molecular weight excluding hydrogens is 256 g/mol. The second-order valence-corrected chi connectivity index (χ2v) is 5.78. The van der Waals surface area contributed by atoms with Gasteiger partial charge in [0.1, 0.15) is 5.82 Å². The molecule has 0 atom stereocenters. The van der Waals surface area contributed by atoms with Crippen molar-refractivity contribution in [3.63, 3.8) is 0 Å². The van der Waals surface area contributed by atoms with E-state index in [0.717, 1.165) is 25.5 Å². The number of carbonyl (C=O) groups excluding carboxylic acids is 1. The number of esters is 1. The molecule has 0 aromatic carbocycles. The molecule has 0 amide bonds. The van der Waals surface area contributed by atoms with E-state index in [9.17, 15) is 4.79 Å². The fourth-order valence-corrected chi connectivity index (χ4v) is 2.35. The van der Waals surface area contributed by atoms with E-state index in [-0.39, 0.29) is 5.54 Å². The molecule has 0 unspecified atom stereocenters. The van der Waals surface area contributed by atoms with Gasteiger partial charge in [-0.2, -0.15) is 0 Å². The summed E-state index contributed by atoms with van der Waals surface area (Å²) in [5.41, 5.74) is 6.55. The lowest BCUT2D eigenvalue weighted by Crippen LogP contribution is -2.57. The number of piperazine rings is 1. The molecule has 110 valence electrons. The number of methoxy groups -OCH3 is 1. The number of ether oxygens (including phenoxy) is 1. The summed E-state index contributed by atoms with van der Waals surface area (Å²) in [4.78, 5) is 20.5. The van der Waals surface area contributed by atoms with Crippen LogP contribution in [0.1, 0.15) is 24.2 Å². The molecule has 1 aliphatic heterocycles. The Balaban J connectivity index is 2.28. The molecule has 2 N–H and O–H groups in total. The van der Waals surface area contributed by atoms with E-state index in [1.54, 1.807) is 6.07 Å². The van der Waals surface area contributed by atoms with Gasteiger partial charge in [0.15, 0.2) is 0 Å². The van der Waals surface area contributed by atoms with E-state index in [4.69, 9.17) is 10.5 Å². The first kappa shape index (κ1) is 14.6. The topological polar surface area (TPSA) is 71.7 Å². The van der Waals surface area contributed by atoms with E-state index < -0.39 is 5.97 Å². The summed E-state index contributed by atoms with van der Waals surface area (Å²) >= 11 is 0. The first-order chi connectivity index (χ1) is 9.35. The number of aromatic nitrogens is 1. The molecule has 1 aliphatic rings. The van der Waals surface area contributed by atoms with Gasteiger partial charge in [0, 0.05) is 25.2 Å². The van der Waals surface area contributed by atoms with Crippen molar-refractivity contribution in [3.8, 4) is 0 Å². The average molecular weight is 278 g/mol. The number of carbonyl (C=O) groups is 1. The summed E-state index contributed by atoms with van der Waals surface area (Å²) in [5, 5.41) is 0. The van der Waals surface area contributed by atoms with E-state index in [2.05, 4.69) is 35.7 Å². The van der Waals surface area contributed by atoms with Crippen LogP contribution in [0.2, 0.25) is 0 Å². The zero-order valence-electron chi connectivity index (χ0n) is 12.5. The molecule has 6 nitrogen and oxygen atoms in total. The van der Waals surface area contributed by atoms with Crippen LogP contribution in [0.3, 0.4) is 0 Å². The van der Waals surface area contributed by atoms with Gasteiger partial charge in [-0.05, 0) is 27.0 Å². The Hall–Kier alpha value is -1.82. The zero-order valence-corrected chi connectivity index (χ0v) is 12.5. The molecule has 1 aromatic heterocycles. The van der Waals surface area contributed by atoms with E-state index >= 15 is 0 Å². The molecule has 1 aromatic rings. The molecule has 0 spiro atoms. The van der Waals surface area contributed by atoms with Gasteiger partial charge in [-0.3, -0.25) is 4.90 Å². The standard InChI is InChI=1S/C14H22N4O2/c1-14(2)9-18(6-5-17(14)3)12-7-10(13(19)20-4)11(15)8-16-12/h7-8H,5-6,9,15H2,1-4H3. The van der Waals surface area contributed by atoms with Gasteiger partial charge in [0.25, 0.3) is 0 Å². The smallest absolute Gasteiger partial charge is 0.340 e. The van der Waals surface area contributed by atoms with Crippen molar-refractivity contribution in [1.29, 1.82) is 0 Å². The number of rotatable bonds is 2. The van der Waals surface area contributed by atoms with Gasteiger partial charge < -0.3 is 15.4 Å². The normalized spacial score (nSPS) is 18.9. The van der Waals surface area contributed by atoms with Crippen LogP contribution in [0.25, 0.3) is 0 Å². The molecular formula is C14H22N4O2. The zero-order chi connectivity index (χ0) is 14.9. The summed E-state index contributed by atoms with van der Waals surface area (Å²) in [7, 11) is 3.47. The van der Waals surface area contributed by atoms with Crippen molar-refractivity contribution < 1.29 is 9.53 Å². The van der Waals surface area contributed by atoms with Crippen molar-refractivity contribution in [2.24, 2.45) is 0 Å². The van der Waals surface area contributed by atoms with Gasteiger partial charge >= 0.3 is 5.97 Å². The minimum absolute atomic E-state index is 0.0622. The molecule has 6 heteroatoms. The first-order valence-electron chi connectivity index (χ1n) is 6.65. The van der Waals surface area contributed by atoms with E-state index in [0.29, 0.717) is 11.3 Å². The third-order valence-corrected chi connectivity index (χ3v) is 3.97. The Bertz CT molecular complexity index is 516. The van der Waals surface area contributed by atoms with E-state index in [1.165, 1.54) is 13.3 Å². The number of likely N-dealkylation sites (N-methyl/N-ethyl adjacent to an activating group) is 1. The Kier molecular flexibility index (Phi) is 3.85. The third-order valence-electron chi connectivity index (χ3n) is 3.97. The fourth-order valence-electron chi connectivity index (χ4n) is 2.35. The molecule has 1 fully saturated rings. The minimum Gasteiger partial charge on any atom is -0.465 e. The van der Waals surface area contributed by atoms with Gasteiger partial charge in [-0.1, -0.05) is 0 Å². The summed E-state index contributed by atoms with van der Waals surface area (Å²) in [6, 6.07) is 1.71. The highest BCUT2D eigenvalue weighted by Crippen LogP contribution is 2.25. The van der Waals surface area contributed by atoms with Crippen LogP contribution in [0.15, 0.2) is 12.3 Å². The molecule has 1 saturated heterocycles. The van der Waals surface area contributed by atoms with Gasteiger partial charge in [-0.25, -0.2) is 9.78 Å². The average Bonchev–Trinajstić information content (AvgIpc) is 2.41. The Labute approximate surface area is 119 Å². The molecule has 20 heavy (non-hydrogen) atoms. The maximum atomic E-state index is 11.7. The van der Waals surface area contributed by atoms with Crippen LogP contribution in [0.4, 0.5) is 11.5 Å². The maximum absolute atomic E-state index is 11.7. The number of nitrogens with two attached hydrogens (primary N) is 1. The predicted molar refractivity (Wildman–Crippen MR) is 78.9 cm³/mol. The lowest BCUT2D eigenvalue weighted by molar-refractivity contribution is 0.0602. The Morgan fingerprint density at radius 1 is 1.45 bits per heavy atom. The molecule has 0 aliphatic carbocycles. The highest BCUT2D eigenvalue weighted by atomic mass is 16.5. The van der Waals surface area contributed by atoms with Crippen LogP contribution >= 0.6 is 0 Å². The maximum Gasteiger partial charge on any atom is 0.340 e. The second-order valence-electron chi connectivity index (χ2n) is 5.78. The van der Waals surface area contributed by atoms with Crippen molar-refractivity contribution in [1.82, 2.24) is 9.88 Å². The van der Waals surface area contributed by atoms with Crippen molar-refractivity contribution in [3.05, 3.63) is 17.8 Å². The highest BCUT2D eigenvalue weighted by molar-refractivity contribution is 5.95. The largest absolute Gasteiger partial charge is 0.465 e. The fraction of sp³-hybridized carbons (Fsp3) is 0.571. The number of nitrogens with zero attached hydrogens (tertiary/aromatic N) is 3. The van der Waals surface area contributed by atoms with Crippen molar-refractivity contribution >= 4 is 17.5 Å². The number of nitrogen functional groups attached to an aromatic ring is 1. The molecule has 0 bridgehead atoms. The van der Waals surface area contributed by atoms with Crippen LogP contribution in [-0.4, -0.2) is 55.2 Å². The van der Waals surface area contributed by atoms with Gasteiger partial charge in [0.05, 0.1) is 24.6 Å². The lowest BCUT2D eigenvalue weighted by atomic mass is 9.99. The molecule has 2 heterocycles. The highest BCUT2D eigenvalue weighted by Gasteiger charge is 2.31. The number of hydrogen-bond donors (Lipinski definition) is 1. The summed E-state index contributed by atoms with van der Waals surface area (Å²) in [5.74, 6) is 0.334. The Morgan fingerprint density at radius 3 is 2.75 bits per heavy atom. The first-order valence-corrected chi connectivity index (χ1v) is 6.65.